The Labute approximate surface area is 110 Å². The highest BCUT2D eigenvalue weighted by Gasteiger charge is 2.21. The van der Waals surface area contributed by atoms with Crippen molar-refractivity contribution >= 4 is 5.69 Å². The molecule has 3 nitrogen and oxygen atoms in total. The van der Waals surface area contributed by atoms with E-state index in [4.69, 9.17) is 0 Å². The van der Waals surface area contributed by atoms with Crippen LogP contribution in [0.25, 0.3) is 0 Å². The predicted octanol–water partition coefficient (Wildman–Crippen LogP) is 2.57. The number of pyridine rings is 1. The Morgan fingerprint density at radius 3 is 2.83 bits per heavy atom. The minimum absolute atomic E-state index is 0.753. The number of hydrogen-bond acceptors (Lipinski definition) is 3. The first kappa shape index (κ1) is 12.0. The molecule has 3 heteroatoms. The number of rotatable bonds is 6. The van der Waals surface area contributed by atoms with Crippen LogP contribution in [0.4, 0.5) is 5.69 Å². The van der Waals surface area contributed by atoms with Gasteiger partial charge in [0.15, 0.2) is 0 Å². The van der Waals surface area contributed by atoms with Crippen molar-refractivity contribution in [1.82, 2.24) is 10.3 Å². The van der Waals surface area contributed by atoms with Crippen molar-refractivity contribution in [3.05, 3.63) is 24.0 Å². The van der Waals surface area contributed by atoms with Crippen LogP contribution in [0, 0.1) is 5.92 Å². The maximum Gasteiger partial charge on any atom is 0.0562 e. The van der Waals surface area contributed by atoms with Gasteiger partial charge in [-0.3, -0.25) is 4.98 Å². The Morgan fingerprint density at radius 2 is 2.17 bits per heavy atom. The quantitative estimate of drug-likeness (QED) is 0.835. The van der Waals surface area contributed by atoms with E-state index in [1.54, 1.807) is 0 Å². The minimum Gasteiger partial charge on any atom is -0.374 e. The normalized spacial score (nSPS) is 19.6. The summed E-state index contributed by atoms with van der Waals surface area (Å²) < 4.78 is 0. The first-order valence-electron chi connectivity index (χ1n) is 7.21. The van der Waals surface area contributed by atoms with Crippen LogP contribution < -0.4 is 10.2 Å². The van der Waals surface area contributed by atoms with Crippen LogP contribution in [0.15, 0.2) is 18.3 Å². The summed E-state index contributed by atoms with van der Waals surface area (Å²) in [6.07, 6.45) is 8.85. The molecular weight excluding hydrogens is 222 g/mol. The summed E-state index contributed by atoms with van der Waals surface area (Å²) in [4.78, 5) is 6.83. The molecule has 2 aliphatic rings. The lowest BCUT2D eigenvalue weighted by Gasteiger charge is -2.31. The van der Waals surface area contributed by atoms with E-state index in [9.17, 15) is 0 Å². The van der Waals surface area contributed by atoms with E-state index in [-0.39, 0.29) is 0 Å². The van der Waals surface area contributed by atoms with Crippen LogP contribution in [0.3, 0.4) is 0 Å². The Bertz CT molecular complexity index is 396. The molecular formula is C15H23N3. The number of hydrogen-bond donors (Lipinski definition) is 1. The van der Waals surface area contributed by atoms with Crippen molar-refractivity contribution in [2.45, 2.75) is 44.7 Å². The lowest BCUT2D eigenvalue weighted by Crippen LogP contribution is -2.29. The van der Waals surface area contributed by atoms with Crippen molar-refractivity contribution < 1.29 is 0 Å². The van der Waals surface area contributed by atoms with Crippen molar-refractivity contribution in [3.63, 3.8) is 0 Å². The van der Waals surface area contributed by atoms with E-state index in [1.165, 1.54) is 50.0 Å². The highest BCUT2D eigenvalue weighted by atomic mass is 15.1. The summed E-state index contributed by atoms with van der Waals surface area (Å²) >= 11 is 0. The summed E-state index contributed by atoms with van der Waals surface area (Å²) in [5.74, 6) is 0.913. The SMILES string of the molecule is CN(CC1CCC1)c1ccnc(CNC2CC2)c1. The fourth-order valence-corrected chi connectivity index (χ4v) is 2.50. The second-order valence-electron chi connectivity index (χ2n) is 5.84. The van der Waals surface area contributed by atoms with Crippen LogP contribution >= 0.6 is 0 Å². The van der Waals surface area contributed by atoms with Gasteiger partial charge in [-0.2, -0.15) is 0 Å². The van der Waals surface area contributed by atoms with Gasteiger partial charge in [-0.25, -0.2) is 0 Å². The van der Waals surface area contributed by atoms with Crippen LogP contribution in [-0.4, -0.2) is 24.6 Å². The number of anilines is 1. The zero-order valence-electron chi connectivity index (χ0n) is 11.2. The molecule has 1 heterocycles. The van der Waals surface area contributed by atoms with Gasteiger partial charge in [0.05, 0.1) is 5.69 Å². The topological polar surface area (TPSA) is 28.2 Å². The molecule has 2 saturated carbocycles. The zero-order chi connectivity index (χ0) is 12.4. The molecule has 2 fully saturated rings. The van der Waals surface area contributed by atoms with E-state index in [0.29, 0.717) is 0 Å². The molecule has 0 bridgehead atoms. The van der Waals surface area contributed by atoms with Crippen LogP contribution in [-0.2, 0) is 6.54 Å². The lowest BCUT2D eigenvalue weighted by atomic mass is 9.85. The molecule has 1 N–H and O–H groups in total. The highest BCUT2D eigenvalue weighted by molar-refractivity contribution is 5.45. The maximum atomic E-state index is 4.45. The summed E-state index contributed by atoms with van der Waals surface area (Å²) in [5, 5.41) is 3.52. The van der Waals surface area contributed by atoms with E-state index in [2.05, 4.69) is 34.4 Å². The molecule has 98 valence electrons. The monoisotopic (exact) mass is 245 g/mol. The fourth-order valence-electron chi connectivity index (χ4n) is 2.50. The van der Waals surface area contributed by atoms with Gasteiger partial charge in [0, 0.05) is 38.1 Å². The summed E-state index contributed by atoms with van der Waals surface area (Å²) in [6, 6.07) is 5.11. The standard InChI is InChI=1S/C15H23N3/c1-18(11-12-3-2-4-12)15-7-8-16-14(9-15)10-17-13-5-6-13/h7-9,12-13,17H,2-6,10-11H2,1H3. The van der Waals surface area contributed by atoms with Crippen molar-refractivity contribution in [2.24, 2.45) is 5.92 Å². The second-order valence-corrected chi connectivity index (χ2v) is 5.84. The number of nitrogens with one attached hydrogen (secondary N) is 1. The number of nitrogens with zero attached hydrogens (tertiary/aromatic N) is 2. The van der Waals surface area contributed by atoms with Crippen LogP contribution in [0.1, 0.15) is 37.8 Å². The van der Waals surface area contributed by atoms with Gasteiger partial charge >= 0.3 is 0 Å². The van der Waals surface area contributed by atoms with E-state index in [1.807, 2.05) is 6.20 Å². The molecule has 0 aromatic carbocycles. The summed E-state index contributed by atoms with van der Waals surface area (Å²) in [6.45, 7) is 2.11. The lowest BCUT2D eigenvalue weighted by molar-refractivity contribution is 0.321. The molecule has 0 spiro atoms. The second kappa shape index (κ2) is 5.27. The van der Waals surface area contributed by atoms with Gasteiger partial charge in [0.1, 0.15) is 0 Å². The van der Waals surface area contributed by atoms with Gasteiger partial charge in [-0.15, -0.1) is 0 Å². The molecule has 1 aromatic heterocycles. The van der Waals surface area contributed by atoms with E-state index in [0.717, 1.165) is 18.5 Å². The minimum atomic E-state index is 0.753. The average molecular weight is 245 g/mol. The van der Waals surface area contributed by atoms with Crippen LogP contribution in [0.2, 0.25) is 0 Å². The molecule has 0 radical (unpaired) electrons. The molecule has 3 rings (SSSR count). The van der Waals surface area contributed by atoms with E-state index < -0.39 is 0 Å². The molecule has 18 heavy (non-hydrogen) atoms. The van der Waals surface area contributed by atoms with Gasteiger partial charge in [-0.05, 0) is 43.7 Å². The Balaban J connectivity index is 1.57. The summed E-state index contributed by atoms with van der Waals surface area (Å²) in [5.41, 5.74) is 2.48. The molecule has 1 aromatic rings. The maximum absolute atomic E-state index is 4.45. The zero-order valence-corrected chi connectivity index (χ0v) is 11.2. The third-order valence-electron chi connectivity index (χ3n) is 4.15. The Morgan fingerprint density at radius 1 is 1.33 bits per heavy atom. The predicted molar refractivity (Wildman–Crippen MR) is 74.7 cm³/mol. The first-order valence-corrected chi connectivity index (χ1v) is 7.21. The third kappa shape index (κ3) is 3.02. The third-order valence-corrected chi connectivity index (χ3v) is 4.15. The van der Waals surface area contributed by atoms with Crippen molar-refractivity contribution in [2.75, 3.05) is 18.5 Å². The van der Waals surface area contributed by atoms with Crippen LogP contribution in [0.5, 0.6) is 0 Å². The van der Waals surface area contributed by atoms with Crippen molar-refractivity contribution in [3.8, 4) is 0 Å². The van der Waals surface area contributed by atoms with Crippen molar-refractivity contribution in [1.29, 1.82) is 0 Å². The Kier molecular flexibility index (Phi) is 3.50. The smallest absolute Gasteiger partial charge is 0.0562 e. The van der Waals surface area contributed by atoms with Gasteiger partial charge in [-0.1, -0.05) is 6.42 Å². The fraction of sp³-hybridized carbons (Fsp3) is 0.667. The average Bonchev–Trinajstić information content (AvgIpc) is 3.15. The summed E-state index contributed by atoms with van der Waals surface area (Å²) in [7, 11) is 2.20. The van der Waals surface area contributed by atoms with E-state index >= 15 is 0 Å². The molecule has 0 unspecified atom stereocenters. The molecule has 0 saturated heterocycles. The largest absolute Gasteiger partial charge is 0.374 e. The molecule has 0 amide bonds. The highest BCUT2D eigenvalue weighted by Crippen LogP contribution is 2.28. The molecule has 2 aliphatic carbocycles. The van der Waals surface area contributed by atoms with Gasteiger partial charge in [0.25, 0.3) is 0 Å². The number of aromatic nitrogens is 1. The molecule has 0 aliphatic heterocycles. The first-order chi connectivity index (χ1) is 8.81. The van der Waals surface area contributed by atoms with Gasteiger partial charge < -0.3 is 10.2 Å². The molecule has 0 atom stereocenters. The van der Waals surface area contributed by atoms with Gasteiger partial charge in [0.2, 0.25) is 0 Å². The Hall–Kier alpha value is -1.09.